The van der Waals surface area contributed by atoms with Gasteiger partial charge in [-0.1, -0.05) is 12.1 Å². The van der Waals surface area contributed by atoms with Gasteiger partial charge in [0.1, 0.15) is 5.82 Å². The van der Waals surface area contributed by atoms with Crippen molar-refractivity contribution >= 4 is 5.97 Å². The quantitative estimate of drug-likeness (QED) is 0.874. The number of hydrogen-bond acceptors (Lipinski definition) is 1. The van der Waals surface area contributed by atoms with Gasteiger partial charge in [0, 0.05) is 0 Å². The fraction of sp³-hybridized carbons (Fsp3) is 0.500. The number of halogens is 1. The Balaban J connectivity index is 1.88. The van der Waals surface area contributed by atoms with E-state index >= 15 is 0 Å². The van der Waals surface area contributed by atoms with Crippen LogP contribution in [0.15, 0.2) is 24.3 Å². The van der Waals surface area contributed by atoms with Crippen LogP contribution in [0.4, 0.5) is 4.39 Å². The molecule has 92 valence electrons. The summed E-state index contributed by atoms with van der Waals surface area (Å²) in [5.41, 5.74) is 1.02. The average molecular weight is 236 g/mol. The fourth-order valence-electron chi connectivity index (χ4n) is 2.61. The average Bonchev–Trinajstić information content (AvgIpc) is 2.29. The van der Waals surface area contributed by atoms with E-state index < -0.39 is 5.97 Å². The molecule has 0 spiro atoms. The van der Waals surface area contributed by atoms with Gasteiger partial charge in [-0.15, -0.1) is 0 Å². The van der Waals surface area contributed by atoms with E-state index in [1.54, 1.807) is 12.1 Å². The summed E-state index contributed by atoms with van der Waals surface area (Å²) < 4.78 is 13.0. The molecule has 1 aromatic rings. The number of hydrogen-bond donors (Lipinski definition) is 1. The molecule has 0 aliphatic heterocycles. The van der Waals surface area contributed by atoms with Crippen LogP contribution in [0, 0.1) is 17.7 Å². The predicted octanol–water partition coefficient (Wildman–Crippen LogP) is 3.26. The summed E-state index contributed by atoms with van der Waals surface area (Å²) in [6.07, 6.45) is 4.26. The molecule has 3 heteroatoms. The molecular weight excluding hydrogens is 219 g/mol. The Kier molecular flexibility index (Phi) is 3.77. The lowest BCUT2D eigenvalue weighted by Crippen LogP contribution is -2.22. The van der Waals surface area contributed by atoms with E-state index in [-0.39, 0.29) is 11.7 Å². The third kappa shape index (κ3) is 3.29. The van der Waals surface area contributed by atoms with Crippen LogP contribution in [0.2, 0.25) is 0 Å². The Morgan fingerprint density at radius 1 is 1.29 bits per heavy atom. The van der Waals surface area contributed by atoms with Crippen molar-refractivity contribution < 1.29 is 14.3 Å². The summed E-state index contributed by atoms with van der Waals surface area (Å²) >= 11 is 0. The lowest BCUT2D eigenvalue weighted by Gasteiger charge is -2.26. The van der Waals surface area contributed by atoms with E-state index in [4.69, 9.17) is 5.11 Å². The summed E-state index contributed by atoms with van der Waals surface area (Å²) in [6.45, 7) is 0. The normalized spacial score (nSPS) is 24.5. The molecule has 0 radical (unpaired) electrons. The van der Waals surface area contributed by atoms with Crippen molar-refractivity contribution in [3.05, 3.63) is 35.6 Å². The van der Waals surface area contributed by atoms with Gasteiger partial charge in [-0.3, -0.25) is 4.79 Å². The van der Waals surface area contributed by atoms with Crippen LogP contribution >= 0.6 is 0 Å². The number of rotatable bonds is 3. The minimum atomic E-state index is -0.672. The van der Waals surface area contributed by atoms with Crippen molar-refractivity contribution in [3.63, 3.8) is 0 Å². The highest BCUT2D eigenvalue weighted by Gasteiger charge is 2.25. The molecule has 0 unspecified atom stereocenters. The van der Waals surface area contributed by atoms with Gasteiger partial charge in [0.15, 0.2) is 0 Å². The zero-order chi connectivity index (χ0) is 12.3. The standard InChI is InChI=1S/C14H17FO2/c15-13-3-1-2-11(9-13)8-10-4-6-12(7-5-10)14(16)17/h1-3,9-10,12H,4-8H2,(H,16,17). The first-order chi connectivity index (χ1) is 8.15. The molecule has 0 aromatic heterocycles. The van der Waals surface area contributed by atoms with E-state index in [1.807, 2.05) is 6.07 Å². The number of benzene rings is 1. The molecular formula is C14H17FO2. The third-order valence-corrected chi connectivity index (χ3v) is 3.61. The Morgan fingerprint density at radius 2 is 2.00 bits per heavy atom. The van der Waals surface area contributed by atoms with Crippen LogP contribution in [-0.4, -0.2) is 11.1 Å². The molecule has 0 heterocycles. The molecule has 2 nitrogen and oxygen atoms in total. The van der Waals surface area contributed by atoms with Crippen molar-refractivity contribution in [2.45, 2.75) is 32.1 Å². The van der Waals surface area contributed by atoms with Gasteiger partial charge < -0.3 is 5.11 Å². The second kappa shape index (κ2) is 5.30. The maximum absolute atomic E-state index is 13.0. The molecule has 1 aliphatic rings. The topological polar surface area (TPSA) is 37.3 Å². The van der Waals surface area contributed by atoms with E-state index in [9.17, 15) is 9.18 Å². The van der Waals surface area contributed by atoms with Crippen LogP contribution in [0.25, 0.3) is 0 Å². The molecule has 1 fully saturated rings. The van der Waals surface area contributed by atoms with Gasteiger partial charge in [0.05, 0.1) is 5.92 Å². The number of carboxylic acid groups (broad SMARTS) is 1. The Bertz CT molecular complexity index is 395. The van der Waals surface area contributed by atoms with Crippen LogP contribution in [-0.2, 0) is 11.2 Å². The summed E-state index contributed by atoms with van der Waals surface area (Å²) in [6, 6.07) is 6.69. The van der Waals surface area contributed by atoms with Gasteiger partial charge in [-0.25, -0.2) is 4.39 Å². The molecule has 1 aliphatic carbocycles. The van der Waals surface area contributed by atoms with Crippen LogP contribution in [0.3, 0.4) is 0 Å². The molecule has 0 bridgehead atoms. The fourth-order valence-corrected chi connectivity index (χ4v) is 2.61. The van der Waals surface area contributed by atoms with Crippen molar-refractivity contribution in [1.82, 2.24) is 0 Å². The van der Waals surface area contributed by atoms with Crippen molar-refractivity contribution in [1.29, 1.82) is 0 Å². The van der Waals surface area contributed by atoms with Gasteiger partial charge >= 0.3 is 5.97 Å². The molecule has 1 N–H and O–H groups in total. The predicted molar refractivity (Wildman–Crippen MR) is 63.2 cm³/mol. The largest absolute Gasteiger partial charge is 0.481 e. The zero-order valence-corrected chi connectivity index (χ0v) is 9.73. The summed E-state index contributed by atoms with van der Waals surface area (Å²) in [7, 11) is 0. The highest BCUT2D eigenvalue weighted by Crippen LogP contribution is 2.31. The Hall–Kier alpha value is -1.38. The second-order valence-corrected chi connectivity index (χ2v) is 4.89. The molecule has 0 saturated heterocycles. The lowest BCUT2D eigenvalue weighted by atomic mass is 9.79. The third-order valence-electron chi connectivity index (χ3n) is 3.61. The van der Waals surface area contributed by atoms with Crippen LogP contribution in [0.5, 0.6) is 0 Å². The summed E-state index contributed by atoms with van der Waals surface area (Å²) in [4.78, 5) is 10.8. The van der Waals surface area contributed by atoms with Gasteiger partial charge in [0.2, 0.25) is 0 Å². The van der Waals surface area contributed by atoms with E-state index in [0.717, 1.165) is 37.7 Å². The zero-order valence-electron chi connectivity index (χ0n) is 9.73. The maximum atomic E-state index is 13.0. The van der Waals surface area contributed by atoms with Crippen molar-refractivity contribution in [3.8, 4) is 0 Å². The Labute approximate surface area is 100 Å². The molecule has 0 amide bonds. The van der Waals surface area contributed by atoms with Crippen molar-refractivity contribution in [2.75, 3.05) is 0 Å². The molecule has 17 heavy (non-hydrogen) atoms. The molecule has 0 atom stereocenters. The molecule has 2 rings (SSSR count). The van der Waals surface area contributed by atoms with Crippen molar-refractivity contribution in [2.24, 2.45) is 11.8 Å². The minimum absolute atomic E-state index is 0.168. The van der Waals surface area contributed by atoms with Crippen LogP contribution < -0.4 is 0 Å². The first kappa shape index (κ1) is 12.1. The first-order valence-corrected chi connectivity index (χ1v) is 6.12. The van der Waals surface area contributed by atoms with E-state index in [1.165, 1.54) is 6.07 Å². The second-order valence-electron chi connectivity index (χ2n) is 4.89. The number of carboxylic acids is 1. The van der Waals surface area contributed by atoms with Gasteiger partial charge in [-0.2, -0.15) is 0 Å². The summed E-state index contributed by atoms with van der Waals surface area (Å²) in [5, 5.41) is 8.90. The van der Waals surface area contributed by atoms with Gasteiger partial charge in [-0.05, 0) is 55.7 Å². The van der Waals surface area contributed by atoms with Gasteiger partial charge in [0.25, 0.3) is 0 Å². The highest BCUT2D eigenvalue weighted by atomic mass is 19.1. The monoisotopic (exact) mass is 236 g/mol. The maximum Gasteiger partial charge on any atom is 0.306 e. The summed E-state index contributed by atoms with van der Waals surface area (Å²) in [5.74, 6) is -0.526. The number of carbonyl (C=O) groups is 1. The lowest BCUT2D eigenvalue weighted by molar-refractivity contribution is -0.143. The smallest absolute Gasteiger partial charge is 0.306 e. The molecule has 1 aromatic carbocycles. The minimum Gasteiger partial charge on any atom is -0.481 e. The van der Waals surface area contributed by atoms with E-state index in [0.29, 0.717) is 5.92 Å². The number of aliphatic carboxylic acids is 1. The Morgan fingerprint density at radius 3 is 2.59 bits per heavy atom. The van der Waals surface area contributed by atoms with E-state index in [2.05, 4.69) is 0 Å². The SMILES string of the molecule is O=C(O)C1CCC(Cc2cccc(F)c2)CC1. The first-order valence-electron chi connectivity index (χ1n) is 6.12. The molecule has 1 saturated carbocycles. The highest BCUT2D eigenvalue weighted by molar-refractivity contribution is 5.69. The van der Waals surface area contributed by atoms with Crippen LogP contribution in [0.1, 0.15) is 31.2 Å².